The molecule has 0 amide bonds. The maximum Gasteiger partial charge on any atom is 0.419 e. The maximum absolute atomic E-state index is 12.6. The highest BCUT2D eigenvalue weighted by Crippen LogP contribution is 2.22. The molecule has 26 heavy (non-hydrogen) atoms. The lowest BCUT2D eigenvalue weighted by Gasteiger charge is -2.16. The zero-order valence-corrected chi connectivity index (χ0v) is 15.0. The second kappa shape index (κ2) is 6.17. The van der Waals surface area contributed by atoms with Gasteiger partial charge in [-0.1, -0.05) is 0 Å². The van der Waals surface area contributed by atoms with E-state index in [-0.39, 0.29) is 10.5 Å². The summed E-state index contributed by atoms with van der Waals surface area (Å²) in [4.78, 5) is 18.1. The monoisotopic (exact) mass is 374 g/mol. The van der Waals surface area contributed by atoms with Gasteiger partial charge in [-0.15, -0.1) is 0 Å². The standard InChI is InChI=1S/C17H18N4O4S/c1-20-14-6-5-13(10-15(14)25-17(20)22)26(23,24)19-12-4-7-16(18-11-12)21-8-2-3-9-21/h4-7,10-11,19H,2-3,8-9H2,1H3. The Hall–Kier alpha value is -2.81. The highest BCUT2D eigenvalue weighted by molar-refractivity contribution is 7.92. The van der Waals surface area contributed by atoms with Crippen molar-refractivity contribution in [3.63, 3.8) is 0 Å². The number of pyridine rings is 1. The highest BCUT2D eigenvalue weighted by atomic mass is 32.2. The number of sulfonamides is 1. The average Bonchev–Trinajstić information content (AvgIpc) is 3.24. The molecule has 9 heteroatoms. The van der Waals surface area contributed by atoms with Crippen molar-refractivity contribution in [3.8, 4) is 0 Å². The molecule has 2 aromatic heterocycles. The van der Waals surface area contributed by atoms with E-state index in [4.69, 9.17) is 4.42 Å². The van der Waals surface area contributed by atoms with Gasteiger partial charge in [0.1, 0.15) is 5.82 Å². The molecule has 0 aliphatic carbocycles. The smallest absolute Gasteiger partial charge is 0.408 e. The van der Waals surface area contributed by atoms with Crippen LogP contribution in [0.3, 0.4) is 0 Å². The van der Waals surface area contributed by atoms with E-state index in [0.29, 0.717) is 11.2 Å². The first-order valence-electron chi connectivity index (χ1n) is 8.27. The van der Waals surface area contributed by atoms with E-state index in [1.54, 1.807) is 19.2 Å². The normalized spacial score (nSPS) is 14.9. The fourth-order valence-corrected chi connectivity index (χ4v) is 4.13. The van der Waals surface area contributed by atoms with Crippen molar-refractivity contribution in [1.29, 1.82) is 0 Å². The van der Waals surface area contributed by atoms with Crippen LogP contribution in [0.1, 0.15) is 12.8 Å². The van der Waals surface area contributed by atoms with Gasteiger partial charge in [0, 0.05) is 26.2 Å². The van der Waals surface area contributed by atoms with Crippen molar-refractivity contribution in [2.45, 2.75) is 17.7 Å². The molecule has 136 valence electrons. The Kier molecular flexibility index (Phi) is 3.95. The molecule has 0 saturated carbocycles. The molecule has 8 nitrogen and oxygen atoms in total. The summed E-state index contributed by atoms with van der Waals surface area (Å²) < 4.78 is 34.1. The zero-order valence-electron chi connectivity index (χ0n) is 14.2. The molecule has 0 unspecified atom stereocenters. The van der Waals surface area contributed by atoms with E-state index >= 15 is 0 Å². The molecule has 3 heterocycles. The number of rotatable bonds is 4. The molecular formula is C17H18N4O4S. The minimum Gasteiger partial charge on any atom is -0.408 e. The largest absolute Gasteiger partial charge is 0.419 e. The molecule has 1 N–H and O–H groups in total. The Balaban J connectivity index is 1.59. The number of benzene rings is 1. The first kappa shape index (κ1) is 16.6. The first-order chi connectivity index (χ1) is 12.4. The lowest BCUT2D eigenvalue weighted by atomic mass is 10.3. The first-order valence-corrected chi connectivity index (χ1v) is 9.76. The molecule has 3 aromatic rings. The summed E-state index contributed by atoms with van der Waals surface area (Å²) in [5.74, 6) is 0.308. The van der Waals surface area contributed by atoms with Crippen LogP contribution in [0.25, 0.3) is 11.1 Å². The summed E-state index contributed by atoms with van der Waals surface area (Å²) in [6.45, 7) is 1.95. The van der Waals surface area contributed by atoms with Gasteiger partial charge in [0.25, 0.3) is 10.0 Å². The lowest BCUT2D eigenvalue weighted by Crippen LogP contribution is -2.19. The minimum atomic E-state index is -3.82. The van der Waals surface area contributed by atoms with Gasteiger partial charge in [-0.05, 0) is 37.1 Å². The van der Waals surface area contributed by atoms with Crippen molar-refractivity contribution < 1.29 is 12.8 Å². The van der Waals surface area contributed by atoms with Crippen molar-refractivity contribution in [1.82, 2.24) is 9.55 Å². The predicted molar refractivity (Wildman–Crippen MR) is 97.9 cm³/mol. The summed E-state index contributed by atoms with van der Waals surface area (Å²) in [6.07, 6.45) is 3.80. The molecule has 1 aliphatic heterocycles. The van der Waals surface area contributed by atoms with Crippen LogP contribution in [-0.2, 0) is 17.1 Å². The van der Waals surface area contributed by atoms with Gasteiger partial charge >= 0.3 is 5.76 Å². The van der Waals surface area contributed by atoms with Crippen LogP contribution in [0.2, 0.25) is 0 Å². The quantitative estimate of drug-likeness (QED) is 0.749. The van der Waals surface area contributed by atoms with E-state index in [1.807, 2.05) is 6.07 Å². The van der Waals surface area contributed by atoms with Crippen molar-refractivity contribution in [2.24, 2.45) is 7.05 Å². The third-order valence-corrected chi connectivity index (χ3v) is 5.88. The number of aromatic nitrogens is 2. The molecule has 0 bridgehead atoms. The predicted octanol–water partition coefficient (Wildman–Crippen LogP) is 1.93. The number of nitrogens with zero attached hydrogens (tertiary/aromatic N) is 3. The molecule has 1 saturated heterocycles. The second-order valence-electron chi connectivity index (χ2n) is 6.26. The van der Waals surface area contributed by atoms with Crippen LogP contribution >= 0.6 is 0 Å². The van der Waals surface area contributed by atoms with Crippen LogP contribution in [-0.4, -0.2) is 31.1 Å². The second-order valence-corrected chi connectivity index (χ2v) is 7.94. The van der Waals surface area contributed by atoms with E-state index in [1.165, 1.54) is 22.9 Å². The summed E-state index contributed by atoms with van der Waals surface area (Å²) in [5.41, 5.74) is 1.14. The van der Waals surface area contributed by atoms with Crippen molar-refractivity contribution in [3.05, 3.63) is 47.1 Å². The number of aryl methyl sites for hydroxylation is 1. The number of hydrogen-bond donors (Lipinski definition) is 1. The Bertz CT molecular complexity index is 1110. The molecule has 1 aliphatic rings. The van der Waals surface area contributed by atoms with Gasteiger partial charge in [0.2, 0.25) is 0 Å². The van der Waals surface area contributed by atoms with Crippen LogP contribution in [0, 0.1) is 0 Å². The molecular weight excluding hydrogens is 356 g/mol. The molecule has 0 spiro atoms. The van der Waals surface area contributed by atoms with Crippen LogP contribution in [0.15, 0.2) is 50.6 Å². The Morgan fingerprint density at radius 3 is 2.62 bits per heavy atom. The average molecular weight is 374 g/mol. The third-order valence-electron chi connectivity index (χ3n) is 4.50. The van der Waals surface area contributed by atoms with E-state index in [9.17, 15) is 13.2 Å². The van der Waals surface area contributed by atoms with E-state index in [2.05, 4.69) is 14.6 Å². The van der Waals surface area contributed by atoms with Gasteiger partial charge in [-0.25, -0.2) is 18.2 Å². The van der Waals surface area contributed by atoms with Gasteiger partial charge in [0.05, 0.1) is 22.3 Å². The number of anilines is 2. The zero-order chi connectivity index (χ0) is 18.3. The Labute approximate surface area is 150 Å². The number of hydrogen-bond acceptors (Lipinski definition) is 6. The Morgan fingerprint density at radius 2 is 1.92 bits per heavy atom. The van der Waals surface area contributed by atoms with E-state index in [0.717, 1.165) is 31.7 Å². The van der Waals surface area contributed by atoms with Gasteiger partial charge < -0.3 is 9.32 Å². The van der Waals surface area contributed by atoms with Crippen molar-refractivity contribution in [2.75, 3.05) is 22.7 Å². The third kappa shape index (κ3) is 2.94. The molecule has 0 radical (unpaired) electrons. The summed E-state index contributed by atoms with van der Waals surface area (Å²) in [5, 5.41) is 0. The molecule has 0 atom stereocenters. The number of oxazole rings is 1. The summed E-state index contributed by atoms with van der Waals surface area (Å²) in [7, 11) is -2.25. The molecule has 4 rings (SSSR count). The van der Waals surface area contributed by atoms with Gasteiger partial charge in [-0.2, -0.15) is 0 Å². The van der Waals surface area contributed by atoms with E-state index < -0.39 is 15.8 Å². The molecule has 1 fully saturated rings. The van der Waals surface area contributed by atoms with Crippen molar-refractivity contribution >= 4 is 32.6 Å². The summed E-state index contributed by atoms with van der Waals surface area (Å²) >= 11 is 0. The fourth-order valence-electron chi connectivity index (χ4n) is 3.08. The van der Waals surface area contributed by atoms with Crippen LogP contribution in [0.4, 0.5) is 11.5 Å². The SMILES string of the molecule is Cn1c(=O)oc2cc(S(=O)(=O)Nc3ccc(N4CCCC4)nc3)ccc21. The topological polar surface area (TPSA) is 97.4 Å². The van der Waals surface area contributed by atoms with Gasteiger partial charge in [0.15, 0.2) is 5.58 Å². The van der Waals surface area contributed by atoms with Crippen LogP contribution in [0.5, 0.6) is 0 Å². The minimum absolute atomic E-state index is 0.0166. The molecule has 1 aromatic carbocycles. The van der Waals surface area contributed by atoms with Crippen LogP contribution < -0.4 is 15.4 Å². The Morgan fingerprint density at radius 1 is 1.15 bits per heavy atom. The maximum atomic E-state index is 12.6. The number of nitrogens with one attached hydrogen (secondary N) is 1. The highest BCUT2D eigenvalue weighted by Gasteiger charge is 2.18. The lowest BCUT2D eigenvalue weighted by molar-refractivity contribution is 0.527. The fraction of sp³-hybridized carbons (Fsp3) is 0.294. The summed E-state index contributed by atoms with van der Waals surface area (Å²) in [6, 6.07) is 7.82. The van der Waals surface area contributed by atoms with Gasteiger partial charge in [-0.3, -0.25) is 9.29 Å². The number of fused-ring (bicyclic) bond motifs is 1.